The van der Waals surface area contributed by atoms with Crippen LogP contribution in [0.4, 0.5) is 0 Å². The summed E-state index contributed by atoms with van der Waals surface area (Å²) in [6, 6.07) is 17.6. The molecule has 1 heterocycles. The van der Waals surface area contributed by atoms with E-state index < -0.39 is 6.10 Å². The van der Waals surface area contributed by atoms with Gasteiger partial charge in [-0.05, 0) is 37.0 Å². The zero-order valence-electron chi connectivity index (χ0n) is 15.6. The molecule has 1 fully saturated rings. The maximum absolute atomic E-state index is 12.8. The van der Waals surface area contributed by atoms with E-state index in [4.69, 9.17) is 21.1 Å². The first-order chi connectivity index (χ1) is 13.1. The third-order valence-electron chi connectivity index (χ3n) is 5.21. The number of benzene rings is 2. The van der Waals surface area contributed by atoms with E-state index in [9.17, 15) is 4.79 Å². The van der Waals surface area contributed by atoms with Crippen LogP contribution in [0.5, 0.6) is 5.75 Å². The molecular weight excluding hydrogens is 362 g/mol. The lowest BCUT2D eigenvalue weighted by Crippen LogP contribution is -2.48. The number of amides is 1. The van der Waals surface area contributed by atoms with E-state index in [-0.39, 0.29) is 11.3 Å². The molecular formula is C22H26ClNO3. The number of nitrogens with one attached hydrogen (secondary N) is 1. The molecule has 0 bridgehead atoms. The van der Waals surface area contributed by atoms with Crippen LogP contribution in [0.2, 0.25) is 5.02 Å². The molecule has 1 N–H and O–H groups in total. The van der Waals surface area contributed by atoms with Crippen LogP contribution in [0, 0.1) is 0 Å². The first-order valence-electron chi connectivity index (χ1n) is 9.47. The summed E-state index contributed by atoms with van der Waals surface area (Å²) in [5.41, 5.74) is 1.14. The van der Waals surface area contributed by atoms with E-state index in [1.807, 2.05) is 37.3 Å². The zero-order valence-corrected chi connectivity index (χ0v) is 16.4. The number of para-hydroxylation sites is 1. The molecule has 1 amide bonds. The minimum absolute atomic E-state index is 0.0994. The fourth-order valence-electron chi connectivity index (χ4n) is 3.51. The molecule has 0 aliphatic carbocycles. The lowest BCUT2D eigenvalue weighted by atomic mass is 9.74. The number of halogens is 1. The Morgan fingerprint density at radius 1 is 1.15 bits per heavy atom. The van der Waals surface area contributed by atoms with Gasteiger partial charge in [-0.1, -0.05) is 61.0 Å². The monoisotopic (exact) mass is 387 g/mol. The molecule has 0 unspecified atom stereocenters. The topological polar surface area (TPSA) is 47.6 Å². The van der Waals surface area contributed by atoms with Crippen LogP contribution in [0.25, 0.3) is 0 Å². The van der Waals surface area contributed by atoms with Crippen molar-refractivity contribution in [1.82, 2.24) is 5.32 Å². The van der Waals surface area contributed by atoms with Gasteiger partial charge in [0.2, 0.25) is 0 Å². The van der Waals surface area contributed by atoms with Gasteiger partial charge >= 0.3 is 0 Å². The number of carbonyl (C=O) groups excluding carboxylic acids is 1. The van der Waals surface area contributed by atoms with Crippen molar-refractivity contribution in [2.75, 3.05) is 19.8 Å². The molecule has 2 aromatic rings. The van der Waals surface area contributed by atoms with Crippen molar-refractivity contribution in [3.05, 3.63) is 65.2 Å². The van der Waals surface area contributed by atoms with Gasteiger partial charge in [-0.3, -0.25) is 4.79 Å². The SMILES string of the molecule is CC[C@H](Oc1ccccc1Cl)C(=O)NCC1(c2ccccc2)CCOCC1. The van der Waals surface area contributed by atoms with Crippen molar-refractivity contribution < 1.29 is 14.3 Å². The Bertz CT molecular complexity index is 744. The third-order valence-corrected chi connectivity index (χ3v) is 5.52. The summed E-state index contributed by atoms with van der Waals surface area (Å²) in [5, 5.41) is 3.63. The smallest absolute Gasteiger partial charge is 0.261 e. The highest BCUT2D eigenvalue weighted by molar-refractivity contribution is 6.32. The summed E-state index contributed by atoms with van der Waals surface area (Å²) in [4.78, 5) is 12.8. The van der Waals surface area contributed by atoms with Gasteiger partial charge in [0.25, 0.3) is 5.91 Å². The minimum Gasteiger partial charge on any atom is -0.479 e. The molecule has 1 atom stereocenters. The van der Waals surface area contributed by atoms with Gasteiger partial charge in [-0.15, -0.1) is 0 Å². The molecule has 0 spiro atoms. The predicted octanol–water partition coefficient (Wildman–Crippen LogP) is 4.36. The Morgan fingerprint density at radius 3 is 2.48 bits per heavy atom. The van der Waals surface area contributed by atoms with Crippen molar-refractivity contribution in [3.63, 3.8) is 0 Å². The maximum atomic E-state index is 12.8. The Balaban J connectivity index is 1.69. The van der Waals surface area contributed by atoms with E-state index >= 15 is 0 Å². The third kappa shape index (κ3) is 4.82. The van der Waals surface area contributed by atoms with E-state index in [0.29, 0.717) is 37.0 Å². The van der Waals surface area contributed by atoms with Gasteiger partial charge in [0.1, 0.15) is 5.75 Å². The van der Waals surface area contributed by atoms with Gasteiger partial charge in [0.05, 0.1) is 5.02 Å². The van der Waals surface area contributed by atoms with Crippen LogP contribution in [0.15, 0.2) is 54.6 Å². The minimum atomic E-state index is -0.572. The summed E-state index contributed by atoms with van der Waals surface area (Å²) < 4.78 is 11.4. The molecule has 0 saturated carbocycles. The second kappa shape index (κ2) is 9.25. The molecule has 3 rings (SSSR count). The number of ether oxygens (including phenoxy) is 2. The first kappa shape index (κ1) is 19.7. The van der Waals surface area contributed by atoms with E-state index in [0.717, 1.165) is 12.8 Å². The number of hydrogen-bond donors (Lipinski definition) is 1. The average molecular weight is 388 g/mol. The van der Waals surface area contributed by atoms with Crippen LogP contribution >= 0.6 is 11.6 Å². The molecule has 1 saturated heterocycles. The fourth-order valence-corrected chi connectivity index (χ4v) is 3.69. The molecule has 1 aliphatic heterocycles. The maximum Gasteiger partial charge on any atom is 0.261 e. The number of rotatable bonds is 7. The van der Waals surface area contributed by atoms with E-state index in [1.165, 1.54) is 5.56 Å². The lowest BCUT2D eigenvalue weighted by molar-refractivity contribution is -0.128. The van der Waals surface area contributed by atoms with Crippen molar-refractivity contribution in [1.29, 1.82) is 0 Å². The molecule has 5 heteroatoms. The summed E-state index contributed by atoms with van der Waals surface area (Å²) in [7, 11) is 0. The lowest BCUT2D eigenvalue weighted by Gasteiger charge is -2.38. The number of hydrogen-bond acceptors (Lipinski definition) is 3. The summed E-state index contributed by atoms with van der Waals surface area (Å²) in [5.74, 6) is 0.421. The molecule has 0 radical (unpaired) electrons. The Hall–Kier alpha value is -2.04. The van der Waals surface area contributed by atoms with Crippen molar-refractivity contribution in [2.45, 2.75) is 37.7 Å². The van der Waals surface area contributed by atoms with Crippen LogP contribution in [-0.2, 0) is 14.9 Å². The van der Waals surface area contributed by atoms with Gasteiger partial charge in [-0.2, -0.15) is 0 Å². The molecule has 1 aliphatic rings. The first-order valence-corrected chi connectivity index (χ1v) is 9.84. The molecule has 2 aromatic carbocycles. The van der Waals surface area contributed by atoms with Crippen molar-refractivity contribution in [2.24, 2.45) is 0 Å². The second-order valence-electron chi connectivity index (χ2n) is 6.92. The summed E-state index contributed by atoms with van der Waals surface area (Å²) in [6.07, 6.45) is 1.77. The highest BCUT2D eigenvalue weighted by atomic mass is 35.5. The Kier molecular flexibility index (Phi) is 6.75. The van der Waals surface area contributed by atoms with E-state index in [2.05, 4.69) is 17.4 Å². The molecule has 144 valence electrons. The predicted molar refractivity (Wildman–Crippen MR) is 107 cm³/mol. The van der Waals surface area contributed by atoms with Crippen molar-refractivity contribution in [3.8, 4) is 5.75 Å². The van der Waals surface area contributed by atoms with Gasteiger partial charge in [-0.25, -0.2) is 0 Å². The molecule has 4 nitrogen and oxygen atoms in total. The quantitative estimate of drug-likeness (QED) is 0.767. The largest absolute Gasteiger partial charge is 0.479 e. The second-order valence-corrected chi connectivity index (χ2v) is 7.33. The van der Waals surface area contributed by atoms with Gasteiger partial charge in [0.15, 0.2) is 6.10 Å². The molecule has 0 aromatic heterocycles. The van der Waals surface area contributed by atoms with Crippen LogP contribution in [0.3, 0.4) is 0 Å². The number of carbonyl (C=O) groups is 1. The van der Waals surface area contributed by atoms with Crippen LogP contribution in [0.1, 0.15) is 31.7 Å². The zero-order chi connectivity index (χ0) is 19.1. The van der Waals surface area contributed by atoms with Gasteiger partial charge in [0, 0.05) is 25.2 Å². The Labute approximate surface area is 165 Å². The Morgan fingerprint density at radius 2 is 1.81 bits per heavy atom. The molecule has 27 heavy (non-hydrogen) atoms. The summed E-state index contributed by atoms with van der Waals surface area (Å²) >= 11 is 6.16. The average Bonchev–Trinajstić information content (AvgIpc) is 2.73. The van der Waals surface area contributed by atoms with Gasteiger partial charge < -0.3 is 14.8 Å². The van der Waals surface area contributed by atoms with Crippen LogP contribution < -0.4 is 10.1 Å². The highest BCUT2D eigenvalue weighted by Crippen LogP contribution is 2.34. The van der Waals surface area contributed by atoms with Crippen LogP contribution in [-0.4, -0.2) is 31.8 Å². The van der Waals surface area contributed by atoms with E-state index in [1.54, 1.807) is 12.1 Å². The van der Waals surface area contributed by atoms with Crippen molar-refractivity contribution >= 4 is 17.5 Å². The normalized spacial score (nSPS) is 17.1. The highest BCUT2D eigenvalue weighted by Gasteiger charge is 2.35. The standard InChI is InChI=1S/C22H26ClNO3/c1-2-19(27-20-11-7-6-10-18(20)23)21(25)24-16-22(12-14-26-15-13-22)17-8-4-3-5-9-17/h3-11,19H,2,12-16H2,1H3,(H,24,25)/t19-/m0/s1. The summed E-state index contributed by atoms with van der Waals surface area (Å²) in [6.45, 7) is 3.92. The fraction of sp³-hybridized carbons (Fsp3) is 0.409.